The summed E-state index contributed by atoms with van der Waals surface area (Å²) in [6.45, 7) is 5.33. The molecule has 1 atom stereocenters. The van der Waals surface area contributed by atoms with E-state index in [4.69, 9.17) is 9.15 Å². The molecule has 1 N–H and O–H groups in total. The van der Waals surface area contributed by atoms with Crippen molar-refractivity contribution in [1.82, 2.24) is 5.32 Å². The monoisotopic (exact) mass is 327 g/mol. The van der Waals surface area contributed by atoms with Gasteiger partial charge in [0.25, 0.3) is 5.91 Å². The number of furan rings is 1. The number of esters is 1. The number of ether oxygens (including phenoxy) is 1. The van der Waals surface area contributed by atoms with Crippen LogP contribution < -0.4 is 5.32 Å². The Labute approximate surface area is 141 Å². The van der Waals surface area contributed by atoms with Crippen LogP contribution in [-0.2, 0) is 9.53 Å². The zero-order valence-electron chi connectivity index (χ0n) is 14.1. The fraction of sp³-hybridized carbons (Fsp3) is 0.368. The zero-order chi connectivity index (χ0) is 17.3. The molecule has 1 aromatic heterocycles. The van der Waals surface area contributed by atoms with Crippen molar-refractivity contribution in [2.75, 3.05) is 0 Å². The van der Waals surface area contributed by atoms with Crippen LogP contribution >= 0.6 is 0 Å². The summed E-state index contributed by atoms with van der Waals surface area (Å²) in [4.78, 5) is 25.2. The molecule has 3 rings (SSSR count). The van der Waals surface area contributed by atoms with Crippen LogP contribution in [0, 0.1) is 20.8 Å². The van der Waals surface area contributed by atoms with Gasteiger partial charge >= 0.3 is 5.97 Å². The summed E-state index contributed by atoms with van der Waals surface area (Å²) in [7, 11) is 0. The van der Waals surface area contributed by atoms with Gasteiger partial charge in [0.2, 0.25) is 6.10 Å². The lowest BCUT2D eigenvalue weighted by Crippen LogP contribution is -2.33. The van der Waals surface area contributed by atoms with Gasteiger partial charge in [-0.05, 0) is 33.6 Å². The van der Waals surface area contributed by atoms with Crippen molar-refractivity contribution < 1.29 is 18.7 Å². The van der Waals surface area contributed by atoms with Gasteiger partial charge in [0.1, 0.15) is 17.1 Å². The van der Waals surface area contributed by atoms with Crippen molar-refractivity contribution in [3.05, 3.63) is 58.5 Å². The van der Waals surface area contributed by atoms with Gasteiger partial charge in [-0.3, -0.25) is 4.79 Å². The number of carbonyl (C=O) groups excluding carboxylic acids is 2. The Morgan fingerprint density at radius 2 is 1.79 bits per heavy atom. The number of hydrogen-bond donors (Lipinski definition) is 1. The largest absolute Gasteiger partial charge is 0.465 e. The molecule has 1 amide bonds. The molecule has 0 spiro atoms. The number of rotatable bonds is 5. The molecule has 126 valence electrons. The minimum absolute atomic E-state index is 0.196. The predicted molar refractivity (Wildman–Crippen MR) is 88.7 cm³/mol. The van der Waals surface area contributed by atoms with Crippen LogP contribution in [0.2, 0.25) is 0 Å². The van der Waals surface area contributed by atoms with Crippen LogP contribution in [0.1, 0.15) is 52.0 Å². The first kappa shape index (κ1) is 16.3. The molecule has 5 nitrogen and oxygen atoms in total. The predicted octanol–water partition coefficient (Wildman–Crippen LogP) is 3.38. The summed E-state index contributed by atoms with van der Waals surface area (Å²) >= 11 is 0. The van der Waals surface area contributed by atoms with Crippen molar-refractivity contribution in [1.29, 1.82) is 0 Å². The lowest BCUT2D eigenvalue weighted by atomic mass is 10.1. The van der Waals surface area contributed by atoms with Crippen LogP contribution in [0.3, 0.4) is 0 Å². The van der Waals surface area contributed by atoms with E-state index in [-0.39, 0.29) is 11.9 Å². The molecule has 0 saturated heterocycles. The lowest BCUT2D eigenvalue weighted by Gasteiger charge is -2.18. The third kappa shape index (κ3) is 3.35. The maximum atomic E-state index is 12.6. The summed E-state index contributed by atoms with van der Waals surface area (Å²) in [5, 5.41) is 2.90. The Bertz CT molecular complexity index is 759. The van der Waals surface area contributed by atoms with Gasteiger partial charge in [0, 0.05) is 17.2 Å². The van der Waals surface area contributed by atoms with E-state index in [1.165, 1.54) is 0 Å². The van der Waals surface area contributed by atoms with Gasteiger partial charge in [0.05, 0.1) is 0 Å². The number of aryl methyl sites for hydroxylation is 2. The Balaban J connectivity index is 1.85. The summed E-state index contributed by atoms with van der Waals surface area (Å²) < 4.78 is 11.1. The van der Waals surface area contributed by atoms with Gasteiger partial charge in [-0.25, -0.2) is 4.79 Å². The van der Waals surface area contributed by atoms with E-state index in [9.17, 15) is 9.59 Å². The summed E-state index contributed by atoms with van der Waals surface area (Å²) in [6.07, 6.45) is 0.981. The average Bonchev–Trinajstić information content (AvgIpc) is 3.32. The first-order valence-electron chi connectivity index (χ1n) is 8.10. The third-order valence-electron chi connectivity index (χ3n) is 4.25. The molecule has 1 fully saturated rings. The van der Waals surface area contributed by atoms with Gasteiger partial charge in [-0.15, -0.1) is 0 Å². The molecule has 0 radical (unpaired) electrons. The fourth-order valence-electron chi connectivity index (χ4n) is 2.67. The first-order chi connectivity index (χ1) is 11.5. The molecule has 1 aliphatic carbocycles. The standard InChI is InChI=1S/C19H21NO4/c1-11-12(2)23-13(3)16(11)19(22)24-17(14-7-5-4-6-8-14)18(21)20-15-9-10-15/h4-8,15,17H,9-10H2,1-3H3,(H,20,21)/t17-/m0/s1. The number of amides is 1. The highest BCUT2D eigenvalue weighted by Crippen LogP contribution is 2.27. The van der Waals surface area contributed by atoms with E-state index in [0.717, 1.165) is 18.4 Å². The highest BCUT2D eigenvalue weighted by molar-refractivity contribution is 5.95. The number of benzene rings is 1. The van der Waals surface area contributed by atoms with E-state index >= 15 is 0 Å². The van der Waals surface area contributed by atoms with Crippen molar-refractivity contribution in [2.45, 2.75) is 45.8 Å². The minimum Gasteiger partial charge on any atom is -0.465 e. The molecular weight excluding hydrogens is 306 g/mol. The molecule has 24 heavy (non-hydrogen) atoms. The van der Waals surface area contributed by atoms with Crippen LogP contribution in [0.4, 0.5) is 0 Å². The highest BCUT2D eigenvalue weighted by atomic mass is 16.5. The fourth-order valence-corrected chi connectivity index (χ4v) is 2.67. The van der Waals surface area contributed by atoms with Crippen molar-refractivity contribution in [2.24, 2.45) is 0 Å². The highest BCUT2D eigenvalue weighted by Gasteiger charge is 2.32. The Morgan fingerprint density at radius 1 is 1.12 bits per heavy atom. The Morgan fingerprint density at radius 3 is 2.33 bits per heavy atom. The maximum Gasteiger partial charge on any atom is 0.343 e. The second-order valence-electron chi connectivity index (χ2n) is 6.19. The second kappa shape index (κ2) is 6.51. The van der Waals surface area contributed by atoms with E-state index in [1.54, 1.807) is 26.0 Å². The third-order valence-corrected chi connectivity index (χ3v) is 4.25. The SMILES string of the molecule is Cc1oc(C)c(C(=O)O[C@H](C(=O)NC2CC2)c2ccccc2)c1C. The van der Waals surface area contributed by atoms with E-state index < -0.39 is 12.1 Å². The molecule has 0 bridgehead atoms. The van der Waals surface area contributed by atoms with Crippen molar-refractivity contribution in [3.63, 3.8) is 0 Å². The van der Waals surface area contributed by atoms with Gasteiger partial charge in [-0.1, -0.05) is 30.3 Å². The van der Waals surface area contributed by atoms with Gasteiger partial charge in [0.15, 0.2) is 0 Å². The molecule has 2 aromatic rings. The number of hydrogen-bond acceptors (Lipinski definition) is 4. The van der Waals surface area contributed by atoms with E-state index in [0.29, 0.717) is 22.6 Å². The van der Waals surface area contributed by atoms with Crippen LogP contribution in [-0.4, -0.2) is 17.9 Å². The number of nitrogens with one attached hydrogen (secondary N) is 1. The number of carbonyl (C=O) groups is 2. The Hall–Kier alpha value is -2.56. The van der Waals surface area contributed by atoms with Gasteiger partial charge < -0.3 is 14.5 Å². The topological polar surface area (TPSA) is 68.5 Å². The molecule has 1 aromatic carbocycles. The molecule has 5 heteroatoms. The van der Waals surface area contributed by atoms with Crippen LogP contribution in [0.15, 0.2) is 34.7 Å². The van der Waals surface area contributed by atoms with E-state index in [2.05, 4.69) is 5.32 Å². The zero-order valence-corrected chi connectivity index (χ0v) is 14.1. The lowest BCUT2D eigenvalue weighted by molar-refractivity contribution is -0.130. The quantitative estimate of drug-likeness (QED) is 0.855. The molecule has 0 unspecified atom stereocenters. The van der Waals surface area contributed by atoms with Crippen LogP contribution in [0.5, 0.6) is 0 Å². The Kier molecular flexibility index (Phi) is 4.42. The molecular formula is C19H21NO4. The minimum atomic E-state index is -0.965. The molecule has 1 aliphatic rings. The summed E-state index contributed by atoms with van der Waals surface area (Å²) in [5.41, 5.74) is 1.79. The van der Waals surface area contributed by atoms with Gasteiger partial charge in [-0.2, -0.15) is 0 Å². The maximum absolute atomic E-state index is 12.6. The average molecular weight is 327 g/mol. The second-order valence-corrected chi connectivity index (χ2v) is 6.19. The summed E-state index contributed by atoms with van der Waals surface area (Å²) in [6, 6.07) is 9.25. The molecule has 1 heterocycles. The van der Waals surface area contributed by atoms with Crippen LogP contribution in [0.25, 0.3) is 0 Å². The normalized spacial score (nSPS) is 15.0. The van der Waals surface area contributed by atoms with E-state index in [1.807, 2.05) is 25.1 Å². The first-order valence-corrected chi connectivity index (χ1v) is 8.10. The van der Waals surface area contributed by atoms with Crippen molar-refractivity contribution >= 4 is 11.9 Å². The van der Waals surface area contributed by atoms with Crippen molar-refractivity contribution in [3.8, 4) is 0 Å². The molecule has 0 aliphatic heterocycles. The summed E-state index contributed by atoms with van der Waals surface area (Å²) in [5.74, 6) is 0.358. The molecule has 1 saturated carbocycles. The smallest absolute Gasteiger partial charge is 0.343 e.